The number of hydrogen-bond acceptors (Lipinski definition) is 4. The number of nitrogens with one attached hydrogen (secondary N) is 1. The molecule has 0 aliphatic carbocycles. The fourth-order valence-corrected chi connectivity index (χ4v) is 1.78. The monoisotopic (exact) mass is 195 g/mol. The second-order valence-electron chi connectivity index (χ2n) is 2.85. The molecule has 0 unspecified atom stereocenters. The SMILES string of the molecule is Cc1nc(CC2=NCC(=O)N2)cs1. The Morgan fingerprint density at radius 1 is 1.69 bits per heavy atom. The highest BCUT2D eigenvalue weighted by Crippen LogP contribution is 2.09. The molecule has 2 heterocycles. The molecule has 1 amide bonds. The van der Waals surface area contributed by atoms with Gasteiger partial charge in [0.15, 0.2) is 0 Å². The quantitative estimate of drug-likeness (QED) is 0.748. The lowest BCUT2D eigenvalue weighted by atomic mass is 10.3. The Balaban J connectivity index is 2.03. The molecule has 0 saturated heterocycles. The van der Waals surface area contributed by atoms with Crippen molar-refractivity contribution in [1.82, 2.24) is 10.3 Å². The zero-order valence-corrected chi connectivity index (χ0v) is 8.02. The van der Waals surface area contributed by atoms with E-state index in [9.17, 15) is 4.79 Å². The minimum absolute atomic E-state index is 0.0260. The number of rotatable bonds is 2. The number of carbonyl (C=O) groups excluding carboxylic acids is 1. The molecule has 0 radical (unpaired) electrons. The first-order valence-corrected chi connectivity index (χ1v) is 4.86. The van der Waals surface area contributed by atoms with Crippen LogP contribution in [0.1, 0.15) is 10.7 Å². The summed E-state index contributed by atoms with van der Waals surface area (Å²) in [4.78, 5) is 19.1. The fraction of sp³-hybridized carbons (Fsp3) is 0.375. The molecule has 0 bridgehead atoms. The van der Waals surface area contributed by atoms with Gasteiger partial charge in [0.25, 0.3) is 0 Å². The lowest BCUT2D eigenvalue weighted by Gasteiger charge is -1.96. The Morgan fingerprint density at radius 2 is 2.54 bits per heavy atom. The zero-order chi connectivity index (χ0) is 9.26. The molecule has 1 aromatic rings. The van der Waals surface area contributed by atoms with Crippen molar-refractivity contribution in [1.29, 1.82) is 0 Å². The van der Waals surface area contributed by atoms with Crippen molar-refractivity contribution in [3.05, 3.63) is 16.1 Å². The van der Waals surface area contributed by atoms with E-state index in [2.05, 4.69) is 15.3 Å². The van der Waals surface area contributed by atoms with Gasteiger partial charge in [-0.3, -0.25) is 9.79 Å². The molecule has 68 valence electrons. The van der Waals surface area contributed by atoms with Crippen LogP contribution in [0.5, 0.6) is 0 Å². The van der Waals surface area contributed by atoms with Crippen molar-refractivity contribution < 1.29 is 4.79 Å². The molecule has 1 N–H and O–H groups in total. The second-order valence-corrected chi connectivity index (χ2v) is 3.91. The third-order valence-corrected chi connectivity index (χ3v) is 2.53. The summed E-state index contributed by atoms with van der Waals surface area (Å²) in [5.74, 6) is 0.706. The number of amidine groups is 1. The maximum absolute atomic E-state index is 10.8. The highest BCUT2D eigenvalue weighted by Gasteiger charge is 2.14. The number of aromatic nitrogens is 1. The van der Waals surface area contributed by atoms with Gasteiger partial charge in [-0.1, -0.05) is 0 Å². The first kappa shape index (κ1) is 8.37. The molecule has 2 rings (SSSR count). The average Bonchev–Trinajstić information content (AvgIpc) is 2.62. The lowest BCUT2D eigenvalue weighted by molar-refractivity contribution is -0.117. The average molecular weight is 195 g/mol. The van der Waals surface area contributed by atoms with Crippen molar-refractivity contribution in [2.45, 2.75) is 13.3 Å². The van der Waals surface area contributed by atoms with Crippen molar-refractivity contribution in [2.24, 2.45) is 4.99 Å². The van der Waals surface area contributed by atoms with Crippen LogP contribution >= 0.6 is 11.3 Å². The Morgan fingerprint density at radius 3 is 3.08 bits per heavy atom. The van der Waals surface area contributed by atoms with Gasteiger partial charge < -0.3 is 5.32 Å². The zero-order valence-electron chi connectivity index (χ0n) is 7.20. The number of aryl methyl sites for hydroxylation is 1. The van der Waals surface area contributed by atoms with Crippen LogP contribution in [0.25, 0.3) is 0 Å². The predicted molar refractivity (Wildman–Crippen MR) is 51.0 cm³/mol. The van der Waals surface area contributed by atoms with E-state index in [-0.39, 0.29) is 12.5 Å². The minimum Gasteiger partial charge on any atom is -0.313 e. The van der Waals surface area contributed by atoms with Crippen molar-refractivity contribution in [2.75, 3.05) is 6.54 Å². The molecule has 0 saturated carbocycles. The van der Waals surface area contributed by atoms with E-state index in [1.165, 1.54) is 0 Å². The molecular weight excluding hydrogens is 186 g/mol. The number of amides is 1. The van der Waals surface area contributed by atoms with Crippen LogP contribution in [0.2, 0.25) is 0 Å². The van der Waals surface area contributed by atoms with Crippen molar-refractivity contribution in [3.63, 3.8) is 0 Å². The van der Waals surface area contributed by atoms with Gasteiger partial charge in [-0.05, 0) is 6.92 Å². The van der Waals surface area contributed by atoms with Gasteiger partial charge in [0, 0.05) is 11.8 Å². The molecule has 1 aliphatic rings. The van der Waals surface area contributed by atoms with E-state index < -0.39 is 0 Å². The maximum atomic E-state index is 10.8. The van der Waals surface area contributed by atoms with E-state index in [0.717, 1.165) is 16.5 Å². The summed E-state index contributed by atoms with van der Waals surface area (Å²) in [6.45, 7) is 2.22. The van der Waals surface area contributed by atoms with E-state index in [0.29, 0.717) is 6.42 Å². The van der Waals surface area contributed by atoms with Crippen LogP contribution < -0.4 is 5.32 Å². The van der Waals surface area contributed by atoms with Gasteiger partial charge in [0.1, 0.15) is 12.4 Å². The summed E-state index contributed by atoms with van der Waals surface area (Å²) >= 11 is 1.61. The number of hydrogen-bond donors (Lipinski definition) is 1. The second kappa shape index (κ2) is 3.26. The Hall–Kier alpha value is -1.23. The van der Waals surface area contributed by atoms with Gasteiger partial charge in [-0.15, -0.1) is 11.3 Å². The summed E-state index contributed by atoms with van der Waals surface area (Å²) < 4.78 is 0. The van der Waals surface area contributed by atoms with Gasteiger partial charge in [-0.2, -0.15) is 0 Å². The van der Waals surface area contributed by atoms with Gasteiger partial charge >= 0.3 is 0 Å². The van der Waals surface area contributed by atoms with Crippen LogP contribution in [0, 0.1) is 6.92 Å². The molecule has 0 fully saturated rings. The number of carbonyl (C=O) groups is 1. The van der Waals surface area contributed by atoms with Crippen LogP contribution in [-0.2, 0) is 11.2 Å². The molecule has 0 aromatic carbocycles. The molecule has 1 aliphatic heterocycles. The molecule has 4 nitrogen and oxygen atoms in total. The van der Waals surface area contributed by atoms with E-state index in [1.54, 1.807) is 11.3 Å². The standard InChI is InChI=1S/C8H9N3OS/c1-5-10-6(4-13-5)2-7-9-3-8(12)11-7/h4H,2-3H2,1H3,(H,9,11,12). The van der Waals surface area contributed by atoms with Crippen LogP contribution in [0.4, 0.5) is 0 Å². The van der Waals surface area contributed by atoms with Gasteiger partial charge in [-0.25, -0.2) is 4.98 Å². The largest absolute Gasteiger partial charge is 0.313 e. The molecular formula is C8H9N3OS. The Kier molecular flexibility index (Phi) is 2.10. The maximum Gasteiger partial charge on any atom is 0.247 e. The smallest absolute Gasteiger partial charge is 0.247 e. The van der Waals surface area contributed by atoms with Crippen molar-refractivity contribution in [3.8, 4) is 0 Å². The van der Waals surface area contributed by atoms with E-state index in [1.807, 2.05) is 12.3 Å². The van der Waals surface area contributed by atoms with Crippen molar-refractivity contribution >= 4 is 23.1 Å². The van der Waals surface area contributed by atoms with Crippen LogP contribution in [-0.4, -0.2) is 23.3 Å². The molecule has 0 spiro atoms. The summed E-state index contributed by atoms with van der Waals surface area (Å²) in [6.07, 6.45) is 0.635. The summed E-state index contributed by atoms with van der Waals surface area (Å²) in [6, 6.07) is 0. The van der Waals surface area contributed by atoms with Crippen LogP contribution in [0.3, 0.4) is 0 Å². The molecule has 5 heteroatoms. The number of thiazole rings is 1. The number of aliphatic imine (C=N–C) groups is 1. The predicted octanol–water partition coefficient (Wildman–Crippen LogP) is 0.522. The van der Waals surface area contributed by atoms with Gasteiger partial charge in [0.2, 0.25) is 5.91 Å². The minimum atomic E-state index is -0.0260. The van der Waals surface area contributed by atoms with E-state index in [4.69, 9.17) is 0 Å². The topological polar surface area (TPSA) is 54.4 Å². The third-order valence-electron chi connectivity index (χ3n) is 1.71. The highest BCUT2D eigenvalue weighted by atomic mass is 32.1. The first-order chi connectivity index (χ1) is 6.24. The van der Waals surface area contributed by atoms with Crippen LogP contribution in [0.15, 0.2) is 10.4 Å². The summed E-state index contributed by atoms with van der Waals surface area (Å²) in [7, 11) is 0. The Labute approximate surface area is 79.7 Å². The first-order valence-electron chi connectivity index (χ1n) is 3.98. The van der Waals surface area contributed by atoms with E-state index >= 15 is 0 Å². The molecule has 0 atom stereocenters. The molecule has 13 heavy (non-hydrogen) atoms. The fourth-order valence-electron chi connectivity index (χ4n) is 1.17. The summed E-state index contributed by atoms with van der Waals surface area (Å²) in [5.41, 5.74) is 0.975. The molecule has 1 aromatic heterocycles. The normalized spacial score (nSPS) is 15.8. The summed E-state index contributed by atoms with van der Waals surface area (Å²) in [5, 5.41) is 5.72. The Bertz CT molecular complexity index is 369. The lowest BCUT2D eigenvalue weighted by Crippen LogP contribution is -2.26. The van der Waals surface area contributed by atoms with Gasteiger partial charge in [0.05, 0.1) is 10.7 Å². The highest BCUT2D eigenvalue weighted by molar-refractivity contribution is 7.09. The number of nitrogens with zero attached hydrogens (tertiary/aromatic N) is 2. The third kappa shape index (κ3) is 1.92.